The van der Waals surface area contributed by atoms with Crippen LogP contribution in [0.2, 0.25) is 0 Å². The molecule has 2 aliphatic heterocycles. The van der Waals surface area contributed by atoms with E-state index in [4.69, 9.17) is 31.9 Å². The highest BCUT2D eigenvalue weighted by Gasteiger charge is 2.45. The van der Waals surface area contributed by atoms with Crippen molar-refractivity contribution >= 4 is 17.3 Å². The molecule has 26 heavy (non-hydrogen) atoms. The predicted octanol–water partition coefficient (Wildman–Crippen LogP) is -5.95. The minimum Gasteiger partial charge on any atom is -0.394 e. The van der Waals surface area contributed by atoms with Gasteiger partial charge in [-0.3, -0.25) is 0 Å². The van der Waals surface area contributed by atoms with Crippen LogP contribution in [-0.2, 0) is 9.47 Å². The van der Waals surface area contributed by atoms with Gasteiger partial charge in [0.2, 0.25) is 0 Å². The Bertz CT molecular complexity index is 444. The molecule has 2 heterocycles. The highest BCUT2D eigenvalue weighted by atomic mass is 32.1. The van der Waals surface area contributed by atoms with Gasteiger partial charge in [-0.2, -0.15) is 0 Å². The van der Waals surface area contributed by atoms with Gasteiger partial charge >= 0.3 is 0 Å². The zero-order valence-corrected chi connectivity index (χ0v) is 14.3. The summed E-state index contributed by atoms with van der Waals surface area (Å²) in [6.07, 6.45) is -14.3. The fourth-order valence-corrected chi connectivity index (χ4v) is 2.97. The standard InChI is InChI=1S/C13H24N2O10S/c16-1-3-5(18)7(20)9(22)11(24-3)14-13(26)15-12-10(23)8(21)6(19)4(2-17)25-12/h3-12,16-23H,1-2H2,(H2,14,15,26)/t3-,4-,5-,6-,7+,8+,9-,10+,11-,12-/m1/s1. The Balaban J connectivity index is 1.97. The lowest BCUT2D eigenvalue weighted by Gasteiger charge is -2.42. The lowest BCUT2D eigenvalue weighted by Crippen LogP contribution is -2.67. The summed E-state index contributed by atoms with van der Waals surface area (Å²) in [6, 6.07) is 0. The topological polar surface area (TPSA) is 204 Å². The second-order valence-corrected chi connectivity index (χ2v) is 6.53. The number of thiocarbonyl (C=S) groups is 1. The van der Waals surface area contributed by atoms with E-state index in [-0.39, 0.29) is 5.11 Å². The van der Waals surface area contributed by atoms with Crippen molar-refractivity contribution in [3.05, 3.63) is 0 Å². The fraction of sp³-hybridized carbons (Fsp3) is 0.923. The number of hydrogen-bond acceptors (Lipinski definition) is 11. The summed E-state index contributed by atoms with van der Waals surface area (Å²) in [5.74, 6) is 0. The van der Waals surface area contributed by atoms with Crippen LogP contribution in [0.25, 0.3) is 0 Å². The number of hydrogen-bond donors (Lipinski definition) is 10. The molecule has 13 heteroatoms. The third-order valence-electron chi connectivity index (χ3n) is 4.33. The molecule has 0 bridgehead atoms. The summed E-state index contributed by atoms with van der Waals surface area (Å²) >= 11 is 4.99. The van der Waals surface area contributed by atoms with Gasteiger partial charge in [0.05, 0.1) is 13.2 Å². The second kappa shape index (κ2) is 8.99. The highest BCUT2D eigenvalue weighted by molar-refractivity contribution is 7.80. The van der Waals surface area contributed by atoms with Crippen molar-refractivity contribution in [3.63, 3.8) is 0 Å². The van der Waals surface area contributed by atoms with Gasteiger partial charge in [-0.25, -0.2) is 0 Å². The van der Waals surface area contributed by atoms with Crippen molar-refractivity contribution in [2.75, 3.05) is 13.2 Å². The van der Waals surface area contributed by atoms with Crippen molar-refractivity contribution < 1.29 is 50.3 Å². The Morgan fingerprint density at radius 2 is 1.00 bits per heavy atom. The molecule has 152 valence electrons. The van der Waals surface area contributed by atoms with Crippen LogP contribution in [-0.4, -0.2) is 120 Å². The van der Waals surface area contributed by atoms with Crippen LogP contribution in [0.15, 0.2) is 0 Å². The van der Waals surface area contributed by atoms with Gasteiger partial charge in [0.15, 0.2) is 17.6 Å². The molecule has 0 saturated carbocycles. The third kappa shape index (κ3) is 4.40. The fourth-order valence-electron chi connectivity index (χ4n) is 2.74. The number of aliphatic hydroxyl groups is 8. The predicted molar refractivity (Wildman–Crippen MR) is 86.4 cm³/mol. The third-order valence-corrected chi connectivity index (χ3v) is 4.57. The number of rotatable bonds is 4. The van der Waals surface area contributed by atoms with E-state index >= 15 is 0 Å². The van der Waals surface area contributed by atoms with Crippen molar-refractivity contribution in [1.29, 1.82) is 0 Å². The first-order chi connectivity index (χ1) is 12.2. The molecule has 2 aliphatic rings. The van der Waals surface area contributed by atoms with Gasteiger partial charge in [-0.1, -0.05) is 0 Å². The maximum absolute atomic E-state index is 9.93. The van der Waals surface area contributed by atoms with E-state index in [1.165, 1.54) is 0 Å². The lowest BCUT2D eigenvalue weighted by molar-refractivity contribution is -0.236. The zero-order chi connectivity index (χ0) is 19.6. The van der Waals surface area contributed by atoms with Crippen LogP contribution < -0.4 is 10.6 Å². The van der Waals surface area contributed by atoms with Crippen LogP contribution >= 0.6 is 12.2 Å². The Morgan fingerprint density at radius 3 is 1.31 bits per heavy atom. The smallest absolute Gasteiger partial charge is 0.170 e. The van der Waals surface area contributed by atoms with Crippen molar-refractivity contribution in [1.82, 2.24) is 10.6 Å². The largest absolute Gasteiger partial charge is 0.394 e. The first-order valence-electron chi connectivity index (χ1n) is 7.89. The Hall–Kier alpha value is -0.710. The molecule has 0 unspecified atom stereocenters. The van der Waals surface area contributed by atoms with E-state index in [0.29, 0.717) is 0 Å². The molecule has 10 atom stereocenters. The summed E-state index contributed by atoms with van der Waals surface area (Å²) in [7, 11) is 0. The van der Waals surface area contributed by atoms with Crippen LogP contribution in [0.5, 0.6) is 0 Å². The van der Waals surface area contributed by atoms with Crippen LogP contribution in [0, 0.1) is 0 Å². The Morgan fingerprint density at radius 1 is 0.654 bits per heavy atom. The molecule has 0 spiro atoms. The van der Waals surface area contributed by atoms with Crippen LogP contribution in [0.3, 0.4) is 0 Å². The number of nitrogens with one attached hydrogen (secondary N) is 2. The van der Waals surface area contributed by atoms with E-state index < -0.39 is 74.5 Å². The molecule has 0 radical (unpaired) electrons. The summed E-state index contributed by atoms with van der Waals surface area (Å²) in [4.78, 5) is 0. The minimum atomic E-state index is -1.60. The molecule has 10 N–H and O–H groups in total. The lowest BCUT2D eigenvalue weighted by atomic mass is 9.98. The molecule has 0 aromatic carbocycles. The highest BCUT2D eigenvalue weighted by Crippen LogP contribution is 2.21. The van der Waals surface area contributed by atoms with Gasteiger partial charge < -0.3 is 61.0 Å². The molecule has 2 saturated heterocycles. The van der Waals surface area contributed by atoms with Crippen molar-refractivity contribution in [3.8, 4) is 0 Å². The van der Waals surface area contributed by atoms with E-state index in [9.17, 15) is 30.6 Å². The first-order valence-corrected chi connectivity index (χ1v) is 8.30. The normalized spacial score (nSPS) is 46.6. The van der Waals surface area contributed by atoms with E-state index in [0.717, 1.165) is 0 Å². The summed E-state index contributed by atoms with van der Waals surface area (Å²) < 4.78 is 10.4. The summed E-state index contributed by atoms with van der Waals surface area (Å²) in [5.41, 5.74) is 0. The molecule has 0 aliphatic carbocycles. The number of ether oxygens (including phenoxy) is 2. The minimum absolute atomic E-state index is 0.223. The average molecular weight is 400 g/mol. The van der Waals surface area contributed by atoms with Gasteiger partial charge in [-0.15, -0.1) is 0 Å². The molecular weight excluding hydrogens is 376 g/mol. The van der Waals surface area contributed by atoms with Crippen molar-refractivity contribution in [2.45, 2.75) is 61.3 Å². The first kappa shape index (κ1) is 21.6. The summed E-state index contributed by atoms with van der Waals surface area (Å²) in [5, 5.41) is 81.8. The average Bonchev–Trinajstić information content (AvgIpc) is 2.62. The van der Waals surface area contributed by atoms with Gasteiger partial charge in [0.1, 0.15) is 48.8 Å². The van der Waals surface area contributed by atoms with Crippen molar-refractivity contribution in [2.24, 2.45) is 0 Å². The maximum atomic E-state index is 9.93. The van der Waals surface area contributed by atoms with Crippen LogP contribution in [0.4, 0.5) is 0 Å². The zero-order valence-electron chi connectivity index (χ0n) is 13.5. The van der Waals surface area contributed by atoms with Gasteiger partial charge in [-0.05, 0) is 12.2 Å². The Labute approximate surface area is 153 Å². The second-order valence-electron chi connectivity index (χ2n) is 6.12. The molecule has 2 fully saturated rings. The maximum Gasteiger partial charge on any atom is 0.170 e. The monoisotopic (exact) mass is 400 g/mol. The molecule has 2 rings (SSSR count). The molecule has 0 aromatic rings. The molecule has 12 nitrogen and oxygen atoms in total. The number of aliphatic hydroxyl groups excluding tert-OH is 8. The van der Waals surface area contributed by atoms with E-state index in [2.05, 4.69) is 10.6 Å². The quantitative estimate of drug-likeness (QED) is 0.200. The molecular formula is C13H24N2O10S. The van der Waals surface area contributed by atoms with E-state index in [1.807, 2.05) is 0 Å². The molecule has 0 amide bonds. The van der Waals surface area contributed by atoms with Gasteiger partial charge in [0, 0.05) is 0 Å². The SMILES string of the molecule is OC[C@H]1O[C@@H](NC(=S)N[C@@H]2O[C@H](CO)[C@@H](O)[C@H](O)[C@@H]2O)[C@H](O)[C@@H](O)[C@@H]1O. The van der Waals surface area contributed by atoms with Crippen LogP contribution in [0.1, 0.15) is 0 Å². The van der Waals surface area contributed by atoms with Gasteiger partial charge in [0.25, 0.3) is 0 Å². The molecule has 0 aromatic heterocycles. The van der Waals surface area contributed by atoms with E-state index in [1.54, 1.807) is 0 Å². The summed E-state index contributed by atoms with van der Waals surface area (Å²) in [6.45, 7) is -1.23. The Kier molecular flexibility index (Phi) is 7.46.